The molecule has 0 N–H and O–H groups in total. The van der Waals surface area contributed by atoms with Gasteiger partial charge in [-0.3, -0.25) is 0 Å². The molecule has 0 aliphatic rings. The first kappa shape index (κ1) is 6.82. The second kappa shape index (κ2) is 2.91. The van der Waals surface area contributed by atoms with Crippen LogP contribution in [-0.4, -0.2) is 8.26 Å². The van der Waals surface area contributed by atoms with Crippen molar-refractivity contribution in [2.24, 2.45) is 0 Å². The third-order valence-corrected chi connectivity index (χ3v) is 1.30. The van der Waals surface area contributed by atoms with Gasteiger partial charge in [-0.15, -0.1) is 12.6 Å². The van der Waals surface area contributed by atoms with Crippen LogP contribution < -0.4 is 0 Å². The summed E-state index contributed by atoms with van der Waals surface area (Å²) in [5.41, 5.74) is 0. The number of thiocarbonyl (C=S) groups is 1. The van der Waals surface area contributed by atoms with Crippen LogP contribution in [0.5, 0.6) is 0 Å². The van der Waals surface area contributed by atoms with Crippen LogP contribution in [0.1, 0.15) is 0 Å². The number of halogens is 2. The van der Waals surface area contributed by atoms with Crippen molar-refractivity contribution in [1.82, 2.24) is 3.94 Å². The molecule has 0 bridgehead atoms. The van der Waals surface area contributed by atoms with Crippen LogP contribution in [0.15, 0.2) is 0 Å². The van der Waals surface area contributed by atoms with Gasteiger partial charge < -0.3 is 0 Å². The Hall–Kier alpha value is 0.820. The number of hydrogen-bond donors (Lipinski definition) is 1. The summed E-state index contributed by atoms with van der Waals surface area (Å²) in [7, 11) is 0. The van der Waals surface area contributed by atoms with E-state index in [2.05, 4.69) is 24.8 Å². The quantitative estimate of drug-likeness (QED) is 0.328. The molecule has 0 unspecified atom stereocenters. The van der Waals surface area contributed by atoms with Crippen molar-refractivity contribution in [2.75, 3.05) is 0 Å². The molecule has 6 heavy (non-hydrogen) atoms. The number of nitrogens with zero attached hydrogens (tertiary/aromatic N) is 1. The topological polar surface area (TPSA) is 3.24 Å². The van der Waals surface area contributed by atoms with E-state index in [1.807, 2.05) is 0 Å². The van der Waals surface area contributed by atoms with Gasteiger partial charge in [0, 0.05) is 23.6 Å². The Bertz CT molecular complexity index is 62.6. The number of thiol groups is 1. The first-order chi connectivity index (χ1) is 2.64. The van der Waals surface area contributed by atoms with Gasteiger partial charge in [-0.1, -0.05) is 12.2 Å². The van der Waals surface area contributed by atoms with E-state index in [0.29, 0.717) is 3.94 Å². The smallest absolute Gasteiger partial charge is 0.164 e. The Balaban J connectivity index is 3.26. The molecule has 0 rings (SSSR count). The first-order valence-electron chi connectivity index (χ1n) is 0.989. The Labute approximate surface area is 56.8 Å². The highest BCUT2D eigenvalue weighted by Gasteiger charge is 1.91. The third-order valence-electron chi connectivity index (χ3n) is 0.145. The summed E-state index contributed by atoms with van der Waals surface area (Å²) in [6.45, 7) is 0. The molecule has 0 heterocycles. The van der Waals surface area contributed by atoms with Crippen LogP contribution in [0.25, 0.3) is 0 Å². The molecule has 0 aromatic carbocycles. The van der Waals surface area contributed by atoms with Gasteiger partial charge >= 0.3 is 0 Å². The van der Waals surface area contributed by atoms with E-state index in [9.17, 15) is 0 Å². The molecule has 1 nitrogen and oxygen atoms in total. The Morgan fingerprint density at radius 3 is 1.83 bits per heavy atom. The summed E-state index contributed by atoms with van der Waals surface area (Å²) in [6, 6.07) is 0. The van der Waals surface area contributed by atoms with Crippen LogP contribution >= 0.6 is 48.4 Å². The summed E-state index contributed by atoms with van der Waals surface area (Å²) < 4.78 is 0.858. The average Bonchev–Trinajstić information content (AvgIpc) is 1.36. The number of rotatable bonds is 0. The molecule has 0 aromatic heterocycles. The highest BCUT2D eigenvalue weighted by molar-refractivity contribution is 8.11. The van der Waals surface area contributed by atoms with E-state index in [1.54, 1.807) is 0 Å². The van der Waals surface area contributed by atoms with Crippen LogP contribution in [-0.2, 0) is 0 Å². The highest BCUT2D eigenvalue weighted by atomic mass is 35.5. The van der Waals surface area contributed by atoms with Crippen molar-refractivity contribution in [3.63, 3.8) is 0 Å². The van der Waals surface area contributed by atoms with E-state index < -0.39 is 0 Å². The maximum atomic E-state index is 4.99. The fraction of sp³-hybridized carbons (Fsp3) is 0. The van der Waals surface area contributed by atoms with Crippen LogP contribution in [0.3, 0.4) is 0 Å². The molecule has 0 fully saturated rings. The molecule has 0 aliphatic heterocycles. The highest BCUT2D eigenvalue weighted by Crippen LogP contribution is 2.02. The first-order valence-corrected chi connectivity index (χ1v) is 2.52. The van der Waals surface area contributed by atoms with Crippen molar-refractivity contribution in [2.45, 2.75) is 0 Å². The molecule has 0 atom stereocenters. The number of hydrogen-bond acceptors (Lipinski definition) is 1. The van der Waals surface area contributed by atoms with Gasteiger partial charge in [0.2, 0.25) is 0 Å². The van der Waals surface area contributed by atoms with E-state index in [4.69, 9.17) is 23.6 Å². The zero-order valence-electron chi connectivity index (χ0n) is 2.56. The van der Waals surface area contributed by atoms with E-state index >= 15 is 0 Å². The van der Waals surface area contributed by atoms with Crippen LogP contribution in [0.4, 0.5) is 0 Å². The Kier molecular flexibility index (Phi) is 3.30. The second-order valence-electron chi connectivity index (χ2n) is 0.515. The predicted octanol–water partition coefficient (Wildman–Crippen LogP) is 1.81. The largest absolute Gasteiger partial charge is 0.176 e. The molecular formula is CHCl2NS2. The minimum atomic E-state index is 0.151. The summed E-state index contributed by atoms with van der Waals surface area (Å²) in [4.78, 5) is 0. The zero-order chi connectivity index (χ0) is 5.15. The van der Waals surface area contributed by atoms with Gasteiger partial charge in [0.25, 0.3) is 0 Å². The molecule has 0 amide bonds. The molecule has 36 valence electrons. The van der Waals surface area contributed by atoms with Crippen LogP contribution in [0.2, 0.25) is 0 Å². The van der Waals surface area contributed by atoms with E-state index in [0.717, 1.165) is 0 Å². The maximum absolute atomic E-state index is 4.99. The molecule has 5 heteroatoms. The lowest BCUT2D eigenvalue weighted by Gasteiger charge is -1.95. The van der Waals surface area contributed by atoms with Crippen molar-refractivity contribution in [3.8, 4) is 0 Å². The van der Waals surface area contributed by atoms with E-state index in [1.165, 1.54) is 0 Å². The van der Waals surface area contributed by atoms with Gasteiger partial charge in [0.1, 0.15) is 0 Å². The Morgan fingerprint density at radius 1 is 1.67 bits per heavy atom. The minimum Gasteiger partial charge on any atom is -0.176 e. The summed E-state index contributed by atoms with van der Waals surface area (Å²) in [5, 5.41) is 0. The average molecular weight is 162 g/mol. The molecular weight excluding hydrogens is 161 g/mol. The van der Waals surface area contributed by atoms with Crippen molar-refractivity contribution in [3.05, 3.63) is 0 Å². The normalized spacial score (nSPS) is 7.83. The molecule has 0 radical (unpaired) electrons. The molecule has 0 saturated heterocycles. The predicted molar refractivity (Wildman–Crippen MR) is 35.1 cm³/mol. The summed E-state index contributed by atoms with van der Waals surface area (Å²) >= 11 is 17.9. The standard InChI is InChI=1S/CHCl2NS2/c2-4(3)1(5)6/h(H,5,6). The van der Waals surface area contributed by atoms with Crippen molar-refractivity contribution >= 4 is 52.7 Å². The monoisotopic (exact) mass is 161 g/mol. The lowest BCUT2D eigenvalue weighted by molar-refractivity contribution is 1.14. The molecule has 0 aromatic rings. The molecule has 0 saturated carbocycles. The Morgan fingerprint density at radius 2 is 1.83 bits per heavy atom. The second-order valence-corrected chi connectivity index (χ2v) is 2.48. The fourth-order valence-corrected chi connectivity index (χ4v) is 0. The van der Waals surface area contributed by atoms with Crippen molar-refractivity contribution in [1.29, 1.82) is 0 Å². The van der Waals surface area contributed by atoms with Gasteiger partial charge in [-0.2, -0.15) is 3.94 Å². The van der Waals surface area contributed by atoms with Crippen LogP contribution in [0, 0.1) is 0 Å². The molecule has 0 aliphatic carbocycles. The lowest BCUT2D eigenvalue weighted by atomic mass is 11.5. The summed E-state index contributed by atoms with van der Waals surface area (Å²) in [6.07, 6.45) is 0. The maximum Gasteiger partial charge on any atom is 0.164 e. The lowest BCUT2D eigenvalue weighted by Crippen LogP contribution is -1.97. The van der Waals surface area contributed by atoms with Gasteiger partial charge in [0.15, 0.2) is 4.32 Å². The van der Waals surface area contributed by atoms with Gasteiger partial charge in [0.05, 0.1) is 0 Å². The van der Waals surface area contributed by atoms with Gasteiger partial charge in [-0.25, -0.2) is 0 Å². The van der Waals surface area contributed by atoms with Crippen molar-refractivity contribution < 1.29 is 0 Å². The summed E-state index contributed by atoms with van der Waals surface area (Å²) in [5.74, 6) is 0. The van der Waals surface area contributed by atoms with Gasteiger partial charge in [-0.05, 0) is 0 Å². The zero-order valence-corrected chi connectivity index (χ0v) is 5.78. The third kappa shape index (κ3) is 3.03. The van der Waals surface area contributed by atoms with E-state index in [-0.39, 0.29) is 4.32 Å². The molecule has 0 spiro atoms. The SMILES string of the molecule is S=C(S)N(Cl)Cl. The fourth-order valence-electron chi connectivity index (χ4n) is 0. The minimum absolute atomic E-state index is 0.151.